The SMILES string of the molecule is CC[C@@H]1OC(=O)[C@@](C)(F)C(=O)[C@H](C)[C@@H](O[C@@H]2O[C@H](C)C[C@H](N(C)C)[C@H]2O)[C@@](C)(OCC#Cc2cc(-c3ccc(Cl)c(Cl)c3)no2)C[C@@H](C)C(=O)[C@@H](C)[C@H]2NC(=O)O[C@]12C. The highest BCUT2D eigenvalue weighted by Gasteiger charge is 2.59. The Hall–Kier alpha value is -3.62. The molecule has 0 saturated carbocycles. The molecular weight excluding hydrogens is 812 g/mol. The van der Waals surface area contributed by atoms with Crippen LogP contribution in [0, 0.1) is 29.6 Å². The number of esters is 1. The number of nitrogens with one attached hydrogen (secondary N) is 1. The lowest BCUT2D eigenvalue weighted by atomic mass is 9.73. The van der Waals surface area contributed by atoms with Gasteiger partial charge < -0.3 is 43.5 Å². The van der Waals surface area contributed by atoms with Crippen LogP contribution in [0.25, 0.3) is 11.3 Å². The van der Waals surface area contributed by atoms with Crippen molar-refractivity contribution in [3.05, 3.63) is 40.1 Å². The van der Waals surface area contributed by atoms with Gasteiger partial charge in [0.25, 0.3) is 5.67 Å². The molecule has 3 aliphatic rings. The Kier molecular flexibility index (Phi) is 14.3. The Labute approximate surface area is 354 Å². The minimum absolute atomic E-state index is 0.0651. The predicted octanol–water partition coefficient (Wildman–Crippen LogP) is 5.95. The molecule has 1 aromatic heterocycles. The second-order valence-corrected chi connectivity index (χ2v) is 17.5. The van der Waals surface area contributed by atoms with Gasteiger partial charge in [0.2, 0.25) is 5.76 Å². The molecule has 0 radical (unpaired) electrons. The van der Waals surface area contributed by atoms with Crippen molar-refractivity contribution >= 4 is 46.8 Å². The van der Waals surface area contributed by atoms with Crippen LogP contribution in [0.5, 0.6) is 0 Å². The van der Waals surface area contributed by atoms with Gasteiger partial charge in [0, 0.05) is 35.4 Å². The van der Waals surface area contributed by atoms with Gasteiger partial charge in [-0.1, -0.05) is 68.0 Å². The molecule has 324 valence electrons. The molecule has 5 rings (SSSR count). The molecule has 0 spiro atoms. The molecule has 3 fully saturated rings. The lowest BCUT2D eigenvalue weighted by Gasteiger charge is -2.47. The van der Waals surface area contributed by atoms with Crippen molar-refractivity contribution in [3.8, 4) is 23.1 Å². The molecule has 2 aromatic rings. The maximum absolute atomic E-state index is 16.9. The predicted molar refractivity (Wildman–Crippen MR) is 214 cm³/mol. The molecule has 59 heavy (non-hydrogen) atoms. The molecule has 14 nitrogen and oxygen atoms in total. The first-order valence-corrected chi connectivity index (χ1v) is 20.5. The normalized spacial score (nSPS) is 37.1. The highest BCUT2D eigenvalue weighted by atomic mass is 35.5. The Morgan fingerprint density at radius 1 is 1.05 bits per heavy atom. The molecule has 13 atom stereocenters. The van der Waals surface area contributed by atoms with E-state index in [-0.39, 0.29) is 31.0 Å². The summed E-state index contributed by atoms with van der Waals surface area (Å²) in [5.74, 6) is -0.331. The van der Waals surface area contributed by atoms with Crippen molar-refractivity contribution in [2.24, 2.45) is 17.8 Å². The summed E-state index contributed by atoms with van der Waals surface area (Å²) in [6.45, 7) is 11.7. The van der Waals surface area contributed by atoms with Crippen LogP contribution in [0.2, 0.25) is 10.0 Å². The third-order valence-electron chi connectivity index (χ3n) is 11.9. The Bertz CT molecular complexity index is 1970. The van der Waals surface area contributed by atoms with Gasteiger partial charge in [-0.3, -0.25) is 9.59 Å². The number of aliphatic hydroxyl groups is 1. The number of aliphatic hydroxyl groups excluding tert-OH is 1. The van der Waals surface area contributed by atoms with Crippen molar-refractivity contribution in [1.29, 1.82) is 0 Å². The number of ether oxygens (including phenoxy) is 5. The number of Topliss-reactive ketones (excluding diaryl/α,β-unsaturated/α-hetero) is 2. The number of hydrogen-bond donors (Lipinski definition) is 2. The van der Waals surface area contributed by atoms with Crippen LogP contribution >= 0.6 is 23.2 Å². The number of alkyl carbamates (subject to hydrolysis) is 1. The van der Waals surface area contributed by atoms with Crippen LogP contribution in [0.15, 0.2) is 28.8 Å². The number of fused-ring (bicyclic) bond motifs is 1. The number of cyclic esters (lactones) is 1. The minimum Gasteiger partial charge on any atom is -0.455 e. The third-order valence-corrected chi connectivity index (χ3v) is 12.6. The number of carbonyl (C=O) groups is 4. The Balaban J connectivity index is 1.57. The molecule has 0 unspecified atom stereocenters. The van der Waals surface area contributed by atoms with Gasteiger partial charge >= 0.3 is 12.1 Å². The second kappa shape index (κ2) is 18.2. The number of rotatable bonds is 7. The molecule has 0 bridgehead atoms. The number of amides is 1. The molecule has 1 amide bonds. The zero-order chi connectivity index (χ0) is 43.8. The van der Waals surface area contributed by atoms with Crippen LogP contribution < -0.4 is 5.32 Å². The Morgan fingerprint density at radius 2 is 1.75 bits per heavy atom. The van der Waals surface area contributed by atoms with E-state index in [1.807, 2.05) is 11.8 Å². The zero-order valence-electron chi connectivity index (χ0n) is 35.0. The van der Waals surface area contributed by atoms with Gasteiger partial charge in [0.05, 0.1) is 33.9 Å². The minimum atomic E-state index is -3.24. The summed E-state index contributed by atoms with van der Waals surface area (Å²) in [6, 6.07) is 5.16. The number of carbonyl (C=O) groups excluding carboxylic acids is 4. The fourth-order valence-corrected chi connectivity index (χ4v) is 8.88. The van der Waals surface area contributed by atoms with Gasteiger partial charge in [0.15, 0.2) is 17.7 Å². The molecule has 4 heterocycles. The topological polar surface area (TPSA) is 176 Å². The highest BCUT2D eigenvalue weighted by Crippen LogP contribution is 2.41. The molecule has 3 aliphatic heterocycles. The molecule has 2 N–H and O–H groups in total. The summed E-state index contributed by atoms with van der Waals surface area (Å²) in [7, 11) is 3.59. The van der Waals surface area contributed by atoms with E-state index >= 15 is 4.39 Å². The molecule has 1 aromatic carbocycles. The van der Waals surface area contributed by atoms with E-state index in [0.29, 0.717) is 27.7 Å². The first-order chi connectivity index (χ1) is 27.5. The molecule has 17 heteroatoms. The Morgan fingerprint density at radius 3 is 2.39 bits per heavy atom. The van der Waals surface area contributed by atoms with Crippen LogP contribution in [0.4, 0.5) is 9.18 Å². The number of alkyl halides is 1. The standard InChI is InChI=1S/C42H54Cl2FN3O11/c1-11-31-42(8)34(46-39(53)58-42)23(4)32(49)21(2)20-40(6,54-16-12-13-26-19-29(47-59-26)25-14-15-27(43)28(44)18-25)36(24(5)35(51)41(7,45)38(52)56-31)57-37-33(50)30(48(9)10)17-22(3)55-37/h14-15,18-19,21-24,30-31,33-34,36-37,50H,11,16-17,20H2,1-10H3,(H,46,53)/t21-,22-,23-,24+,30+,31+,33-,34-,36-,37+,40+,41+,42-/m1/s1. The van der Waals surface area contributed by atoms with Gasteiger partial charge in [-0.15, -0.1) is 0 Å². The van der Waals surface area contributed by atoms with Crippen LogP contribution in [0.3, 0.4) is 0 Å². The fourth-order valence-electron chi connectivity index (χ4n) is 8.58. The number of ketones is 2. The summed E-state index contributed by atoms with van der Waals surface area (Å²) in [5, 5.41) is 19.0. The summed E-state index contributed by atoms with van der Waals surface area (Å²) in [6.07, 6.45) is -6.10. The maximum Gasteiger partial charge on any atom is 0.408 e. The fraction of sp³-hybridized carbons (Fsp3) is 0.643. The molecule has 3 saturated heterocycles. The van der Waals surface area contributed by atoms with Gasteiger partial charge in [0.1, 0.15) is 30.3 Å². The highest BCUT2D eigenvalue weighted by molar-refractivity contribution is 6.42. The van der Waals surface area contributed by atoms with Crippen LogP contribution in [-0.4, -0.2) is 119 Å². The van der Waals surface area contributed by atoms with Crippen molar-refractivity contribution in [2.45, 2.75) is 134 Å². The summed E-state index contributed by atoms with van der Waals surface area (Å²) in [4.78, 5) is 57.1. The number of hydrogen-bond acceptors (Lipinski definition) is 13. The number of benzene rings is 1. The van der Waals surface area contributed by atoms with E-state index < -0.39 is 95.3 Å². The number of halogens is 3. The number of aromatic nitrogens is 1. The smallest absolute Gasteiger partial charge is 0.408 e. The number of likely N-dealkylation sites (N-methyl/N-ethyl adjacent to an activating group) is 1. The first kappa shape index (κ1) is 46.4. The summed E-state index contributed by atoms with van der Waals surface area (Å²) in [5.41, 5.74) is -5.40. The van der Waals surface area contributed by atoms with Crippen molar-refractivity contribution < 1.29 is 56.9 Å². The maximum atomic E-state index is 16.9. The van der Waals surface area contributed by atoms with E-state index in [2.05, 4.69) is 22.3 Å². The van der Waals surface area contributed by atoms with Crippen LogP contribution in [0.1, 0.15) is 80.4 Å². The monoisotopic (exact) mass is 865 g/mol. The lowest BCUT2D eigenvalue weighted by molar-refractivity contribution is -0.296. The first-order valence-electron chi connectivity index (χ1n) is 19.7. The average Bonchev–Trinajstić information content (AvgIpc) is 3.78. The van der Waals surface area contributed by atoms with E-state index in [1.54, 1.807) is 66.1 Å². The van der Waals surface area contributed by atoms with Crippen molar-refractivity contribution in [2.75, 3.05) is 20.7 Å². The largest absolute Gasteiger partial charge is 0.455 e. The van der Waals surface area contributed by atoms with E-state index in [4.69, 9.17) is 51.4 Å². The molecular formula is C42H54Cl2FN3O11. The lowest BCUT2D eigenvalue weighted by Crippen LogP contribution is -2.61. The second-order valence-electron chi connectivity index (χ2n) is 16.7. The van der Waals surface area contributed by atoms with E-state index in [0.717, 1.165) is 6.92 Å². The zero-order valence-corrected chi connectivity index (χ0v) is 36.5. The quantitative estimate of drug-likeness (QED) is 0.190. The van der Waals surface area contributed by atoms with Gasteiger partial charge in [-0.05, 0) is 79.1 Å². The number of nitrogens with zero attached hydrogens (tertiary/aromatic N) is 2. The third kappa shape index (κ3) is 9.64. The van der Waals surface area contributed by atoms with Crippen molar-refractivity contribution in [3.63, 3.8) is 0 Å². The van der Waals surface area contributed by atoms with E-state index in [9.17, 15) is 24.3 Å². The summed E-state index contributed by atoms with van der Waals surface area (Å²) >= 11 is 12.2. The molecule has 0 aliphatic carbocycles. The van der Waals surface area contributed by atoms with Gasteiger partial charge in [-0.25, -0.2) is 14.0 Å². The van der Waals surface area contributed by atoms with Crippen LogP contribution in [-0.2, 0) is 38.1 Å². The average molecular weight is 867 g/mol. The van der Waals surface area contributed by atoms with E-state index in [1.165, 1.54) is 13.8 Å². The van der Waals surface area contributed by atoms with Gasteiger partial charge in [-0.2, -0.15) is 0 Å². The summed E-state index contributed by atoms with van der Waals surface area (Å²) < 4.78 is 52.8. The van der Waals surface area contributed by atoms with Crippen molar-refractivity contribution in [1.82, 2.24) is 15.4 Å².